The Morgan fingerprint density at radius 1 is 1.19 bits per heavy atom. The fraction of sp³-hybridized carbons (Fsp3) is 0.238. The van der Waals surface area contributed by atoms with Crippen LogP contribution < -0.4 is 10.1 Å². The van der Waals surface area contributed by atoms with Crippen molar-refractivity contribution < 1.29 is 9.53 Å². The monoisotopic (exact) mass is 364 g/mol. The normalized spacial score (nSPS) is 14.7. The number of carbonyl (C=O) groups excluding carboxylic acids is 1. The van der Waals surface area contributed by atoms with E-state index < -0.39 is 5.41 Å². The van der Waals surface area contributed by atoms with Crippen molar-refractivity contribution in [2.75, 3.05) is 12.4 Å². The highest BCUT2D eigenvalue weighted by Crippen LogP contribution is 2.49. The van der Waals surface area contributed by atoms with Crippen LogP contribution in [-0.2, 0) is 10.2 Å². The molecule has 0 aliphatic heterocycles. The molecule has 0 unspecified atom stereocenters. The number of hydrogen-bond acceptors (Lipinski definition) is 4. The van der Waals surface area contributed by atoms with E-state index in [0.29, 0.717) is 5.13 Å². The molecule has 1 aliphatic rings. The largest absolute Gasteiger partial charge is 0.496 e. The zero-order chi connectivity index (χ0) is 18.1. The van der Waals surface area contributed by atoms with Gasteiger partial charge in [0, 0.05) is 10.9 Å². The van der Waals surface area contributed by atoms with Gasteiger partial charge in [-0.2, -0.15) is 0 Å². The lowest BCUT2D eigenvalue weighted by molar-refractivity contribution is -0.118. The summed E-state index contributed by atoms with van der Waals surface area (Å²) < 4.78 is 5.44. The number of aryl methyl sites for hydroxylation is 1. The predicted molar refractivity (Wildman–Crippen MR) is 105 cm³/mol. The Morgan fingerprint density at radius 2 is 1.96 bits per heavy atom. The van der Waals surface area contributed by atoms with Crippen LogP contribution in [0, 0.1) is 6.92 Å². The van der Waals surface area contributed by atoms with Crippen LogP contribution in [-0.4, -0.2) is 18.0 Å². The van der Waals surface area contributed by atoms with Crippen LogP contribution in [0.5, 0.6) is 5.75 Å². The number of rotatable bonds is 5. The molecule has 1 N–H and O–H groups in total. The van der Waals surface area contributed by atoms with Crippen molar-refractivity contribution in [3.63, 3.8) is 0 Å². The maximum Gasteiger partial charge on any atom is 0.236 e. The topological polar surface area (TPSA) is 51.2 Å². The second-order valence-corrected chi connectivity index (χ2v) is 7.50. The van der Waals surface area contributed by atoms with Crippen LogP contribution in [0.3, 0.4) is 0 Å². The molecule has 0 atom stereocenters. The lowest BCUT2D eigenvalue weighted by Gasteiger charge is -2.14. The molecule has 0 spiro atoms. The first-order chi connectivity index (χ1) is 12.6. The van der Waals surface area contributed by atoms with Gasteiger partial charge in [0.15, 0.2) is 5.13 Å². The Kier molecular flexibility index (Phi) is 4.24. The molecule has 0 saturated heterocycles. The van der Waals surface area contributed by atoms with Crippen molar-refractivity contribution >= 4 is 22.4 Å². The first-order valence-corrected chi connectivity index (χ1v) is 9.48. The molecule has 1 aliphatic carbocycles. The third-order valence-corrected chi connectivity index (χ3v) is 5.62. The minimum atomic E-state index is -0.395. The van der Waals surface area contributed by atoms with Crippen molar-refractivity contribution in [2.24, 2.45) is 0 Å². The van der Waals surface area contributed by atoms with Gasteiger partial charge in [-0.15, -0.1) is 11.3 Å². The number of aromatic nitrogens is 1. The molecule has 1 fully saturated rings. The summed E-state index contributed by atoms with van der Waals surface area (Å²) >= 11 is 1.44. The van der Waals surface area contributed by atoms with Gasteiger partial charge < -0.3 is 10.1 Å². The number of benzene rings is 2. The van der Waals surface area contributed by atoms with Gasteiger partial charge in [0.2, 0.25) is 5.91 Å². The van der Waals surface area contributed by atoms with E-state index in [9.17, 15) is 4.79 Å². The molecule has 4 nitrogen and oxygen atoms in total. The SMILES string of the molecule is COc1ccc(C)cc1-c1csc(NC(=O)C2(c3ccccc3)CC2)n1. The van der Waals surface area contributed by atoms with E-state index in [-0.39, 0.29) is 5.91 Å². The maximum atomic E-state index is 12.9. The summed E-state index contributed by atoms with van der Waals surface area (Å²) in [5.41, 5.74) is 3.58. The standard InChI is InChI=1S/C21H20N2O2S/c1-14-8-9-18(25-2)16(12-14)17-13-26-20(22-17)23-19(24)21(10-11-21)15-6-4-3-5-7-15/h3-9,12-13H,10-11H2,1-2H3,(H,22,23,24). The summed E-state index contributed by atoms with van der Waals surface area (Å²) in [5, 5.41) is 5.59. The highest BCUT2D eigenvalue weighted by atomic mass is 32.1. The highest BCUT2D eigenvalue weighted by Gasteiger charge is 2.51. The molecule has 1 saturated carbocycles. The summed E-state index contributed by atoms with van der Waals surface area (Å²) in [6, 6.07) is 16.0. The molecule has 132 valence electrons. The van der Waals surface area contributed by atoms with Crippen molar-refractivity contribution in [3.8, 4) is 17.0 Å². The second kappa shape index (κ2) is 6.57. The Labute approximate surface area is 156 Å². The Morgan fingerprint density at radius 3 is 2.65 bits per heavy atom. The molecular weight excluding hydrogens is 344 g/mol. The average molecular weight is 364 g/mol. The van der Waals surface area contributed by atoms with Gasteiger partial charge in [0.25, 0.3) is 0 Å². The van der Waals surface area contributed by atoms with E-state index >= 15 is 0 Å². The third kappa shape index (κ3) is 2.99. The molecule has 5 heteroatoms. The molecule has 1 aromatic heterocycles. The summed E-state index contributed by atoms with van der Waals surface area (Å²) in [5.74, 6) is 0.808. The number of thiazole rings is 1. The number of ether oxygens (including phenoxy) is 1. The summed E-state index contributed by atoms with van der Waals surface area (Å²) in [6.45, 7) is 2.04. The smallest absolute Gasteiger partial charge is 0.236 e. The quantitative estimate of drug-likeness (QED) is 0.708. The van der Waals surface area contributed by atoms with Crippen LogP contribution in [0.25, 0.3) is 11.3 Å². The van der Waals surface area contributed by atoms with E-state index in [2.05, 4.69) is 10.3 Å². The Hall–Kier alpha value is -2.66. The number of methoxy groups -OCH3 is 1. The van der Waals surface area contributed by atoms with Gasteiger partial charge >= 0.3 is 0 Å². The van der Waals surface area contributed by atoms with E-state index in [4.69, 9.17) is 4.74 Å². The maximum absolute atomic E-state index is 12.9. The minimum absolute atomic E-state index is 0.0285. The zero-order valence-corrected chi connectivity index (χ0v) is 15.6. The molecule has 1 amide bonds. The van der Waals surface area contributed by atoms with Crippen molar-refractivity contribution in [2.45, 2.75) is 25.2 Å². The van der Waals surface area contributed by atoms with E-state index in [0.717, 1.165) is 41.0 Å². The molecule has 26 heavy (non-hydrogen) atoms. The van der Waals surface area contributed by atoms with Crippen molar-refractivity contribution in [1.82, 2.24) is 4.98 Å². The van der Waals surface area contributed by atoms with E-state index in [1.807, 2.05) is 60.8 Å². The number of amides is 1. The van der Waals surface area contributed by atoms with Crippen molar-refractivity contribution in [1.29, 1.82) is 0 Å². The molecule has 1 heterocycles. The fourth-order valence-electron chi connectivity index (χ4n) is 3.22. The van der Waals surface area contributed by atoms with E-state index in [1.165, 1.54) is 11.3 Å². The van der Waals surface area contributed by atoms with Gasteiger partial charge in [-0.1, -0.05) is 42.0 Å². The number of nitrogens with one attached hydrogen (secondary N) is 1. The lowest BCUT2D eigenvalue weighted by atomic mass is 9.95. The molecule has 3 aromatic rings. The molecule has 2 aromatic carbocycles. The highest BCUT2D eigenvalue weighted by molar-refractivity contribution is 7.14. The van der Waals surface area contributed by atoms with Gasteiger partial charge in [-0.05, 0) is 37.5 Å². The van der Waals surface area contributed by atoms with Crippen molar-refractivity contribution in [3.05, 3.63) is 65.0 Å². The first kappa shape index (κ1) is 16.8. The molecule has 0 radical (unpaired) electrons. The lowest BCUT2D eigenvalue weighted by Crippen LogP contribution is -2.27. The number of carbonyl (C=O) groups is 1. The molecular formula is C21H20N2O2S. The van der Waals surface area contributed by atoms with E-state index in [1.54, 1.807) is 7.11 Å². The summed E-state index contributed by atoms with van der Waals surface area (Å²) in [6.07, 6.45) is 1.76. The summed E-state index contributed by atoms with van der Waals surface area (Å²) in [7, 11) is 1.65. The molecule has 0 bridgehead atoms. The Bertz CT molecular complexity index is 946. The number of nitrogens with zero attached hydrogens (tertiary/aromatic N) is 1. The van der Waals surface area contributed by atoms with Gasteiger partial charge in [-0.25, -0.2) is 4.98 Å². The van der Waals surface area contributed by atoms with Crippen LogP contribution >= 0.6 is 11.3 Å². The first-order valence-electron chi connectivity index (χ1n) is 8.60. The molecule has 4 rings (SSSR count). The predicted octanol–water partition coefficient (Wildman–Crippen LogP) is 4.80. The van der Waals surface area contributed by atoms with Crippen LogP contribution in [0.4, 0.5) is 5.13 Å². The third-order valence-electron chi connectivity index (χ3n) is 4.87. The number of hydrogen-bond donors (Lipinski definition) is 1. The average Bonchev–Trinajstić information content (AvgIpc) is 3.36. The summed E-state index contributed by atoms with van der Waals surface area (Å²) in [4.78, 5) is 17.5. The zero-order valence-electron chi connectivity index (χ0n) is 14.8. The Balaban J connectivity index is 1.56. The van der Waals surface area contributed by atoms with Crippen LogP contribution in [0.1, 0.15) is 24.0 Å². The van der Waals surface area contributed by atoms with Crippen LogP contribution in [0.2, 0.25) is 0 Å². The second-order valence-electron chi connectivity index (χ2n) is 6.64. The minimum Gasteiger partial charge on any atom is -0.496 e. The van der Waals surface area contributed by atoms with Crippen LogP contribution in [0.15, 0.2) is 53.9 Å². The van der Waals surface area contributed by atoms with Gasteiger partial charge in [0.05, 0.1) is 18.2 Å². The number of anilines is 1. The van der Waals surface area contributed by atoms with Gasteiger partial charge in [-0.3, -0.25) is 4.79 Å². The van der Waals surface area contributed by atoms with Gasteiger partial charge in [0.1, 0.15) is 5.75 Å². The fourth-order valence-corrected chi connectivity index (χ4v) is 3.93.